The maximum absolute atomic E-state index is 11.2. The van der Waals surface area contributed by atoms with Crippen LogP contribution in [0.2, 0.25) is 0 Å². The van der Waals surface area contributed by atoms with Gasteiger partial charge in [0.2, 0.25) is 0 Å². The molecule has 0 aromatic carbocycles. The standard InChI is InChI=1S/C12H21NO2/c1-3-13-11-7-5-10(6-8-11)9-12(14)15-4-2/h9,11,13H,3-8H2,1-2H3. The van der Waals surface area contributed by atoms with E-state index in [1.54, 1.807) is 6.08 Å². The summed E-state index contributed by atoms with van der Waals surface area (Å²) in [6.45, 7) is 5.45. The monoisotopic (exact) mass is 211 g/mol. The van der Waals surface area contributed by atoms with Crippen molar-refractivity contribution in [2.45, 2.75) is 45.6 Å². The number of rotatable bonds is 4. The van der Waals surface area contributed by atoms with E-state index in [9.17, 15) is 4.79 Å². The second-order valence-electron chi connectivity index (χ2n) is 3.89. The van der Waals surface area contributed by atoms with Crippen molar-refractivity contribution in [3.63, 3.8) is 0 Å². The molecular weight excluding hydrogens is 190 g/mol. The van der Waals surface area contributed by atoms with Gasteiger partial charge in [0.05, 0.1) is 6.61 Å². The van der Waals surface area contributed by atoms with Crippen LogP contribution in [0.3, 0.4) is 0 Å². The molecule has 0 amide bonds. The largest absolute Gasteiger partial charge is 0.463 e. The second-order valence-corrected chi connectivity index (χ2v) is 3.89. The lowest BCUT2D eigenvalue weighted by Gasteiger charge is -2.24. The zero-order chi connectivity index (χ0) is 11.1. The maximum Gasteiger partial charge on any atom is 0.330 e. The molecule has 0 spiro atoms. The van der Waals surface area contributed by atoms with Gasteiger partial charge in [-0.25, -0.2) is 4.79 Å². The number of esters is 1. The molecule has 1 aliphatic rings. The molecular formula is C12H21NO2. The molecule has 15 heavy (non-hydrogen) atoms. The minimum absolute atomic E-state index is 0.186. The molecule has 0 bridgehead atoms. The van der Waals surface area contributed by atoms with E-state index in [0.29, 0.717) is 12.6 Å². The number of hydrogen-bond donors (Lipinski definition) is 1. The van der Waals surface area contributed by atoms with E-state index >= 15 is 0 Å². The zero-order valence-electron chi connectivity index (χ0n) is 9.71. The van der Waals surface area contributed by atoms with Crippen LogP contribution in [0.5, 0.6) is 0 Å². The summed E-state index contributed by atoms with van der Waals surface area (Å²) in [5.74, 6) is -0.186. The van der Waals surface area contributed by atoms with E-state index < -0.39 is 0 Å². The van der Waals surface area contributed by atoms with Crippen LogP contribution < -0.4 is 5.32 Å². The molecule has 1 aliphatic carbocycles. The molecule has 1 fully saturated rings. The number of hydrogen-bond acceptors (Lipinski definition) is 3. The Morgan fingerprint density at radius 2 is 2.13 bits per heavy atom. The smallest absolute Gasteiger partial charge is 0.330 e. The van der Waals surface area contributed by atoms with Gasteiger partial charge in [-0.2, -0.15) is 0 Å². The summed E-state index contributed by atoms with van der Waals surface area (Å²) in [4.78, 5) is 11.2. The van der Waals surface area contributed by atoms with Crippen LogP contribution in [0, 0.1) is 0 Å². The Balaban J connectivity index is 2.33. The third-order valence-corrected chi connectivity index (χ3v) is 2.73. The van der Waals surface area contributed by atoms with Crippen LogP contribution in [0.1, 0.15) is 39.5 Å². The second kappa shape index (κ2) is 6.62. The van der Waals surface area contributed by atoms with Crippen molar-refractivity contribution in [3.05, 3.63) is 11.6 Å². The van der Waals surface area contributed by atoms with Gasteiger partial charge in [-0.1, -0.05) is 12.5 Å². The fraction of sp³-hybridized carbons (Fsp3) is 0.750. The highest BCUT2D eigenvalue weighted by molar-refractivity contribution is 5.82. The Morgan fingerprint density at radius 1 is 1.47 bits per heavy atom. The average Bonchev–Trinajstić information content (AvgIpc) is 2.22. The van der Waals surface area contributed by atoms with Gasteiger partial charge in [-0.05, 0) is 39.2 Å². The average molecular weight is 211 g/mol. The number of ether oxygens (including phenoxy) is 1. The summed E-state index contributed by atoms with van der Waals surface area (Å²) in [5, 5.41) is 3.44. The summed E-state index contributed by atoms with van der Waals surface area (Å²) in [6.07, 6.45) is 6.00. The van der Waals surface area contributed by atoms with E-state index in [0.717, 1.165) is 32.2 Å². The summed E-state index contributed by atoms with van der Waals surface area (Å²) < 4.78 is 4.89. The van der Waals surface area contributed by atoms with Gasteiger partial charge in [0, 0.05) is 12.1 Å². The molecule has 1 N–H and O–H groups in total. The van der Waals surface area contributed by atoms with E-state index in [-0.39, 0.29) is 5.97 Å². The van der Waals surface area contributed by atoms with Crippen molar-refractivity contribution in [2.75, 3.05) is 13.2 Å². The number of allylic oxidation sites excluding steroid dienone is 1. The normalized spacial score (nSPS) is 21.2. The molecule has 0 aromatic rings. The predicted molar refractivity (Wildman–Crippen MR) is 60.6 cm³/mol. The van der Waals surface area contributed by atoms with E-state index in [4.69, 9.17) is 4.74 Å². The quantitative estimate of drug-likeness (QED) is 0.571. The first-order valence-electron chi connectivity index (χ1n) is 5.85. The first-order valence-corrected chi connectivity index (χ1v) is 5.85. The molecule has 1 rings (SSSR count). The summed E-state index contributed by atoms with van der Waals surface area (Å²) in [6, 6.07) is 0.634. The first-order chi connectivity index (χ1) is 7.26. The summed E-state index contributed by atoms with van der Waals surface area (Å²) in [5.41, 5.74) is 1.24. The van der Waals surface area contributed by atoms with Gasteiger partial charge in [0.25, 0.3) is 0 Å². The van der Waals surface area contributed by atoms with Crippen LogP contribution in [-0.2, 0) is 9.53 Å². The van der Waals surface area contributed by atoms with Gasteiger partial charge in [0.1, 0.15) is 0 Å². The van der Waals surface area contributed by atoms with Gasteiger partial charge in [-0.3, -0.25) is 0 Å². The number of nitrogens with one attached hydrogen (secondary N) is 1. The summed E-state index contributed by atoms with van der Waals surface area (Å²) >= 11 is 0. The molecule has 3 nitrogen and oxygen atoms in total. The van der Waals surface area contributed by atoms with Crippen LogP contribution >= 0.6 is 0 Å². The molecule has 0 radical (unpaired) electrons. The third kappa shape index (κ3) is 4.47. The van der Waals surface area contributed by atoms with Gasteiger partial charge in [-0.15, -0.1) is 0 Å². The van der Waals surface area contributed by atoms with Crippen LogP contribution in [0.4, 0.5) is 0 Å². The predicted octanol–water partition coefficient (Wildman–Crippen LogP) is 2.03. The van der Waals surface area contributed by atoms with Crippen molar-refractivity contribution in [2.24, 2.45) is 0 Å². The van der Waals surface area contributed by atoms with Gasteiger partial charge >= 0.3 is 5.97 Å². The fourth-order valence-electron chi connectivity index (χ4n) is 1.98. The minimum atomic E-state index is -0.186. The van der Waals surface area contributed by atoms with Gasteiger partial charge < -0.3 is 10.1 Å². The fourth-order valence-corrected chi connectivity index (χ4v) is 1.98. The lowest BCUT2D eigenvalue weighted by Crippen LogP contribution is -2.31. The van der Waals surface area contributed by atoms with Crippen molar-refractivity contribution < 1.29 is 9.53 Å². The number of carbonyl (C=O) groups is 1. The zero-order valence-corrected chi connectivity index (χ0v) is 9.71. The van der Waals surface area contributed by atoms with Crippen molar-refractivity contribution in [3.8, 4) is 0 Å². The van der Waals surface area contributed by atoms with Crippen LogP contribution in [0.25, 0.3) is 0 Å². The van der Waals surface area contributed by atoms with Crippen molar-refractivity contribution in [1.29, 1.82) is 0 Å². The number of carbonyl (C=O) groups excluding carboxylic acids is 1. The molecule has 0 atom stereocenters. The SMILES string of the molecule is CCNC1CCC(=CC(=O)OCC)CC1. The Morgan fingerprint density at radius 3 is 2.67 bits per heavy atom. The molecule has 1 saturated carbocycles. The Hall–Kier alpha value is -0.830. The Bertz CT molecular complexity index is 226. The minimum Gasteiger partial charge on any atom is -0.463 e. The van der Waals surface area contributed by atoms with E-state index in [1.807, 2.05) is 6.92 Å². The lowest BCUT2D eigenvalue weighted by atomic mass is 9.90. The van der Waals surface area contributed by atoms with Crippen molar-refractivity contribution >= 4 is 5.97 Å². The van der Waals surface area contributed by atoms with Crippen LogP contribution in [-0.4, -0.2) is 25.2 Å². The third-order valence-electron chi connectivity index (χ3n) is 2.73. The first kappa shape index (κ1) is 12.2. The van der Waals surface area contributed by atoms with E-state index in [2.05, 4.69) is 12.2 Å². The van der Waals surface area contributed by atoms with Crippen molar-refractivity contribution in [1.82, 2.24) is 5.32 Å². The van der Waals surface area contributed by atoms with Crippen LogP contribution in [0.15, 0.2) is 11.6 Å². The summed E-state index contributed by atoms with van der Waals surface area (Å²) in [7, 11) is 0. The molecule has 0 unspecified atom stereocenters. The molecule has 0 aliphatic heterocycles. The molecule has 3 heteroatoms. The lowest BCUT2D eigenvalue weighted by molar-refractivity contribution is -0.137. The maximum atomic E-state index is 11.2. The highest BCUT2D eigenvalue weighted by atomic mass is 16.5. The highest BCUT2D eigenvalue weighted by Gasteiger charge is 2.16. The molecule has 0 saturated heterocycles. The van der Waals surface area contributed by atoms with E-state index in [1.165, 1.54) is 5.57 Å². The Kier molecular flexibility index (Phi) is 5.40. The Labute approximate surface area is 91.9 Å². The molecule has 86 valence electrons. The molecule has 0 aromatic heterocycles. The van der Waals surface area contributed by atoms with Gasteiger partial charge in [0.15, 0.2) is 0 Å². The highest BCUT2D eigenvalue weighted by Crippen LogP contribution is 2.23. The molecule has 0 heterocycles. The topological polar surface area (TPSA) is 38.3 Å².